The van der Waals surface area contributed by atoms with Crippen LogP contribution in [0.25, 0.3) is 0 Å². The predicted molar refractivity (Wildman–Crippen MR) is 64.0 cm³/mol. The number of alkyl halides is 2. The summed E-state index contributed by atoms with van der Waals surface area (Å²) in [5, 5.41) is 18.1. The van der Waals surface area contributed by atoms with Gasteiger partial charge in [0.15, 0.2) is 0 Å². The molecule has 0 aromatic heterocycles. The summed E-state index contributed by atoms with van der Waals surface area (Å²) in [6, 6.07) is 4.24. The molecule has 0 aliphatic heterocycles. The minimum atomic E-state index is -3.11. The maximum Gasteiger partial charge on any atom is 0.387 e. The first-order valence-electron chi connectivity index (χ1n) is 5.79. The van der Waals surface area contributed by atoms with Crippen LogP contribution in [0.15, 0.2) is 12.1 Å². The summed E-state index contributed by atoms with van der Waals surface area (Å²) in [5.41, 5.74) is 0.257. The van der Waals surface area contributed by atoms with Gasteiger partial charge in [0.05, 0.1) is 25.2 Å². The van der Waals surface area contributed by atoms with Crippen LogP contribution in [0.3, 0.4) is 0 Å². The Morgan fingerprint density at radius 1 is 1.50 bits per heavy atom. The van der Waals surface area contributed by atoms with Crippen molar-refractivity contribution in [1.29, 1.82) is 5.26 Å². The van der Waals surface area contributed by atoms with Gasteiger partial charge in [-0.2, -0.15) is 14.0 Å². The Labute approximate surface area is 114 Å². The predicted octanol–water partition coefficient (Wildman–Crippen LogP) is 1.76. The molecule has 0 saturated carbocycles. The van der Waals surface area contributed by atoms with E-state index in [-0.39, 0.29) is 29.9 Å². The average Bonchev–Trinajstić information content (AvgIpc) is 2.37. The fourth-order valence-corrected chi connectivity index (χ4v) is 1.66. The molecule has 1 aromatic rings. The van der Waals surface area contributed by atoms with E-state index in [0.29, 0.717) is 5.56 Å². The molecule has 0 bridgehead atoms. The highest BCUT2D eigenvalue weighted by molar-refractivity contribution is 5.73. The maximum atomic E-state index is 12.3. The lowest BCUT2D eigenvalue weighted by Crippen LogP contribution is -2.10. The van der Waals surface area contributed by atoms with Crippen molar-refractivity contribution in [2.45, 2.75) is 26.6 Å². The standard InChI is InChI=1S/C13H13F2NO4/c1-2-19-12(18)5-8-3-9(7-17)10(6-16)11(4-8)20-13(14)15/h3-4,13,17H,2,5,7H2,1H3. The normalized spacial score (nSPS) is 10.2. The van der Waals surface area contributed by atoms with E-state index in [1.807, 2.05) is 0 Å². The molecule has 0 spiro atoms. The number of aliphatic hydroxyl groups excluding tert-OH is 1. The highest BCUT2D eigenvalue weighted by Crippen LogP contribution is 2.26. The lowest BCUT2D eigenvalue weighted by atomic mass is 10.0. The fraction of sp³-hybridized carbons (Fsp3) is 0.385. The molecule has 0 aliphatic carbocycles. The van der Waals surface area contributed by atoms with Crippen molar-refractivity contribution in [2.24, 2.45) is 0 Å². The molecule has 0 amide bonds. The smallest absolute Gasteiger partial charge is 0.387 e. The second kappa shape index (κ2) is 7.40. The van der Waals surface area contributed by atoms with E-state index in [1.165, 1.54) is 12.1 Å². The SMILES string of the molecule is CCOC(=O)Cc1cc(CO)c(C#N)c(OC(F)F)c1. The van der Waals surface area contributed by atoms with Gasteiger partial charge in [-0.3, -0.25) is 4.79 Å². The Morgan fingerprint density at radius 2 is 2.20 bits per heavy atom. The van der Waals surface area contributed by atoms with Crippen molar-refractivity contribution in [3.8, 4) is 11.8 Å². The maximum absolute atomic E-state index is 12.3. The number of carbonyl (C=O) groups is 1. The molecule has 0 heterocycles. The van der Waals surface area contributed by atoms with Crippen LogP contribution >= 0.6 is 0 Å². The third kappa shape index (κ3) is 4.17. The topological polar surface area (TPSA) is 79.5 Å². The van der Waals surface area contributed by atoms with Gasteiger partial charge < -0.3 is 14.6 Å². The molecule has 0 fully saturated rings. The lowest BCUT2D eigenvalue weighted by molar-refractivity contribution is -0.142. The number of hydrogen-bond acceptors (Lipinski definition) is 5. The van der Waals surface area contributed by atoms with E-state index < -0.39 is 19.2 Å². The third-order valence-corrected chi connectivity index (χ3v) is 2.40. The highest BCUT2D eigenvalue weighted by atomic mass is 19.3. The lowest BCUT2D eigenvalue weighted by Gasteiger charge is -2.12. The molecular formula is C13H13F2NO4. The van der Waals surface area contributed by atoms with Gasteiger partial charge in [-0.25, -0.2) is 0 Å². The Balaban J connectivity index is 3.14. The summed E-state index contributed by atoms with van der Waals surface area (Å²) < 4.78 is 33.6. The Morgan fingerprint density at radius 3 is 2.70 bits per heavy atom. The van der Waals surface area contributed by atoms with Gasteiger partial charge in [0.2, 0.25) is 0 Å². The van der Waals surface area contributed by atoms with E-state index in [2.05, 4.69) is 4.74 Å². The fourth-order valence-electron chi connectivity index (χ4n) is 1.66. The van der Waals surface area contributed by atoms with Gasteiger partial charge in [-0.15, -0.1) is 0 Å². The molecule has 5 nitrogen and oxygen atoms in total. The van der Waals surface area contributed by atoms with Gasteiger partial charge in [-0.05, 0) is 24.1 Å². The van der Waals surface area contributed by atoms with Crippen LogP contribution in [-0.4, -0.2) is 24.3 Å². The van der Waals surface area contributed by atoms with Crippen molar-refractivity contribution >= 4 is 5.97 Å². The summed E-state index contributed by atoms with van der Waals surface area (Å²) in [6.07, 6.45) is -0.161. The first kappa shape index (κ1) is 15.9. The molecule has 0 aliphatic rings. The first-order chi connectivity index (χ1) is 9.51. The molecule has 1 rings (SSSR count). The summed E-state index contributed by atoms with van der Waals surface area (Å²) in [6.45, 7) is -1.80. The van der Waals surface area contributed by atoms with Gasteiger partial charge >= 0.3 is 12.6 Å². The van der Waals surface area contributed by atoms with E-state index >= 15 is 0 Å². The monoisotopic (exact) mass is 285 g/mol. The quantitative estimate of drug-likeness (QED) is 0.806. The molecule has 0 atom stereocenters. The number of nitriles is 1. The molecule has 20 heavy (non-hydrogen) atoms. The molecule has 0 saturated heterocycles. The first-order valence-corrected chi connectivity index (χ1v) is 5.79. The van der Waals surface area contributed by atoms with Crippen LogP contribution < -0.4 is 4.74 Å². The van der Waals surface area contributed by atoms with Crippen molar-refractivity contribution in [3.05, 3.63) is 28.8 Å². The van der Waals surface area contributed by atoms with Crippen molar-refractivity contribution in [2.75, 3.05) is 6.61 Å². The van der Waals surface area contributed by atoms with E-state index in [9.17, 15) is 13.6 Å². The molecule has 0 radical (unpaired) electrons. The van der Waals surface area contributed by atoms with Gasteiger partial charge in [0.25, 0.3) is 0 Å². The van der Waals surface area contributed by atoms with Crippen LogP contribution in [0.4, 0.5) is 8.78 Å². The molecule has 7 heteroatoms. The minimum Gasteiger partial charge on any atom is -0.466 e. The zero-order valence-corrected chi connectivity index (χ0v) is 10.7. The zero-order chi connectivity index (χ0) is 15.1. The van der Waals surface area contributed by atoms with E-state index in [0.717, 1.165) is 0 Å². The average molecular weight is 285 g/mol. The van der Waals surface area contributed by atoms with Gasteiger partial charge in [0.1, 0.15) is 11.8 Å². The van der Waals surface area contributed by atoms with E-state index in [1.54, 1.807) is 13.0 Å². The summed E-state index contributed by atoms with van der Waals surface area (Å²) >= 11 is 0. The van der Waals surface area contributed by atoms with Crippen molar-refractivity contribution in [3.63, 3.8) is 0 Å². The molecular weight excluding hydrogens is 272 g/mol. The van der Waals surface area contributed by atoms with Crippen LogP contribution in [0.5, 0.6) is 5.75 Å². The van der Waals surface area contributed by atoms with Gasteiger partial charge in [-0.1, -0.05) is 6.07 Å². The van der Waals surface area contributed by atoms with Crippen LogP contribution in [0.1, 0.15) is 23.6 Å². The Hall–Kier alpha value is -2.20. The Kier molecular flexibility index (Phi) is 5.87. The summed E-state index contributed by atoms with van der Waals surface area (Å²) in [5.74, 6) is -0.905. The third-order valence-electron chi connectivity index (χ3n) is 2.40. The number of esters is 1. The van der Waals surface area contributed by atoms with Gasteiger partial charge in [0, 0.05) is 0 Å². The van der Waals surface area contributed by atoms with Crippen molar-refractivity contribution in [1.82, 2.24) is 0 Å². The minimum absolute atomic E-state index is 0.116. The largest absolute Gasteiger partial charge is 0.466 e. The molecule has 1 aromatic carbocycles. The van der Waals surface area contributed by atoms with Crippen molar-refractivity contribution < 1.29 is 28.2 Å². The second-order valence-electron chi connectivity index (χ2n) is 3.76. The second-order valence-corrected chi connectivity index (χ2v) is 3.76. The number of hydrogen-bond donors (Lipinski definition) is 1. The number of rotatable bonds is 6. The number of ether oxygens (including phenoxy) is 2. The molecule has 108 valence electrons. The number of benzene rings is 1. The van der Waals surface area contributed by atoms with Crippen LogP contribution in [-0.2, 0) is 22.6 Å². The van der Waals surface area contributed by atoms with Crippen LogP contribution in [0, 0.1) is 11.3 Å². The summed E-state index contributed by atoms with van der Waals surface area (Å²) in [7, 11) is 0. The highest BCUT2D eigenvalue weighted by Gasteiger charge is 2.16. The number of nitrogens with zero attached hydrogens (tertiary/aromatic N) is 1. The number of carbonyl (C=O) groups excluding carboxylic acids is 1. The van der Waals surface area contributed by atoms with E-state index in [4.69, 9.17) is 15.1 Å². The number of halogens is 2. The molecule has 0 unspecified atom stereocenters. The van der Waals surface area contributed by atoms with Crippen LogP contribution in [0.2, 0.25) is 0 Å². The summed E-state index contributed by atoms with van der Waals surface area (Å²) in [4.78, 5) is 11.4. The number of aliphatic hydroxyl groups is 1. The Bertz CT molecular complexity index is 526. The molecule has 1 N–H and O–H groups in total. The zero-order valence-electron chi connectivity index (χ0n) is 10.7.